The Kier molecular flexibility index (Phi) is 2.39. The van der Waals surface area contributed by atoms with Gasteiger partial charge in [-0.3, -0.25) is 0 Å². The molecule has 0 aromatic carbocycles. The molecule has 0 aromatic heterocycles. The van der Waals surface area contributed by atoms with Crippen LogP contribution in [0.25, 0.3) is 0 Å². The van der Waals surface area contributed by atoms with Crippen LogP contribution in [0.3, 0.4) is 0 Å². The van der Waals surface area contributed by atoms with E-state index in [1.807, 2.05) is 0 Å². The number of rotatable bonds is 2. The molecule has 0 bridgehead atoms. The van der Waals surface area contributed by atoms with Crippen molar-refractivity contribution in [3.63, 3.8) is 0 Å². The largest absolute Gasteiger partial charge is 0.390 e. The van der Waals surface area contributed by atoms with Gasteiger partial charge in [-0.2, -0.15) is 0 Å². The molecular weight excluding hydrogens is 160 g/mol. The van der Waals surface area contributed by atoms with E-state index in [0.717, 1.165) is 5.92 Å². The summed E-state index contributed by atoms with van der Waals surface area (Å²) in [6, 6.07) is 0. The van der Waals surface area contributed by atoms with Crippen LogP contribution in [0, 0.1) is 17.8 Å². The smallest absolute Gasteiger partial charge is 0.0675 e. The fourth-order valence-electron chi connectivity index (χ4n) is 2.85. The van der Waals surface area contributed by atoms with E-state index in [0.29, 0.717) is 11.8 Å². The highest BCUT2D eigenvalue weighted by Crippen LogP contribution is 2.47. The number of aliphatic hydroxyl groups is 1. The molecule has 0 aliphatic heterocycles. The molecule has 2 rings (SSSR count). The van der Waals surface area contributed by atoms with Gasteiger partial charge in [-0.05, 0) is 50.4 Å². The second-order valence-electron chi connectivity index (χ2n) is 5.46. The minimum absolute atomic E-state index is 0.333. The van der Waals surface area contributed by atoms with Crippen LogP contribution in [0.15, 0.2) is 0 Å². The summed E-state index contributed by atoms with van der Waals surface area (Å²) in [7, 11) is 0. The second-order valence-corrected chi connectivity index (χ2v) is 5.46. The third kappa shape index (κ3) is 1.90. The molecule has 1 N–H and O–H groups in total. The van der Waals surface area contributed by atoms with Gasteiger partial charge in [0.1, 0.15) is 0 Å². The molecule has 76 valence electrons. The van der Waals surface area contributed by atoms with Crippen LogP contribution in [-0.4, -0.2) is 10.7 Å². The van der Waals surface area contributed by atoms with Crippen molar-refractivity contribution in [3.05, 3.63) is 0 Å². The zero-order valence-electron chi connectivity index (χ0n) is 8.92. The molecule has 13 heavy (non-hydrogen) atoms. The summed E-state index contributed by atoms with van der Waals surface area (Å²) in [5.74, 6) is 2.12. The van der Waals surface area contributed by atoms with E-state index in [2.05, 4.69) is 13.8 Å². The van der Waals surface area contributed by atoms with Gasteiger partial charge in [0, 0.05) is 0 Å². The fourth-order valence-corrected chi connectivity index (χ4v) is 2.85. The number of hydrogen-bond donors (Lipinski definition) is 1. The van der Waals surface area contributed by atoms with Crippen molar-refractivity contribution in [1.29, 1.82) is 0 Å². The summed E-state index contributed by atoms with van der Waals surface area (Å²) in [4.78, 5) is 0. The topological polar surface area (TPSA) is 20.2 Å². The summed E-state index contributed by atoms with van der Waals surface area (Å²) < 4.78 is 0. The molecule has 1 nitrogen and oxygen atoms in total. The van der Waals surface area contributed by atoms with Crippen LogP contribution in [0.1, 0.15) is 52.4 Å². The SMILES string of the molecule is CC1CCC(C(C)(O)C2CC2)CC1. The van der Waals surface area contributed by atoms with Crippen LogP contribution in [0.2, 0.25) is 0 Å². The summed E-state index contributed by atoms with van der Waals surface area (Å²) in [6.45, 7) is 4.41. The molecule has 0 saturated heterocycles. The highest BCUT2D eigenvalue weighted by atomic mass is 16.3. The standard InChI is InChI=1S/C12H22O/c1-9-3-5-10(6-4-9)12(2,13)11-7-8-11/h9-11,13H,3-8H2,1-2H3. The molecule has 0 radical (unpaired) electrons. The van der Waals surface area contributed by atoms with Gasteiger partial charge in [0.2, 0.25) is 0 Å². The van der Waals surface area contributed by atoms with Gasteiger partial charge < -0.3 is 5.11 Å². The Morgan fingerprint density at radius 2 is 1.31 bits per heavy atom. The van der Waals surface area contributed by atoms with Crippen LogP contribution in [0.5, 0.6) is 0 Å². The Bertz CT molecular complexity index is 174. The molecule has 2 aliphatic rings. The quantitative estimate of drug-likeness (QED) is 0.696. The van der Waals surface area contributed by atoms with Crippen molar-refractivity contribution in [2.24, 2.45) is 17.8 Å². The van der Waals surface area contributed by atoms with Gasteiger partial charge in [0.25, 0.3) is 0 Å². The summed E-state index contributed by atoms with van der Waals surface area (Å²) in [6.07, 6.45) is 7.69. The van der Waals surface area contributed by atoms with E-state index in [1.54, 1.807) is 0 Å². The van der Waals surface area contributed by atoms with Gasteiger partial charge in [0.05, 0.1) is 5.60 Å². The monoisotopic (exact) mass is 182 g/mol. The van der Waals surface area contributed by atoms with Crippen molar-refractivity contribution in [2.45, 2.75) is 58.0 Å². The van der Waals surface area contributed by atoms with Crippen LogP contribution < -0.4 is 0 Å². The fraction of sp³-hybridized carbons (Fsp3) is 1.00. The third-order valence-corrected chi connectivity index (χ3v) is 4.25. The molecule has 2 aliphatic carbocycles. The summed E-state index contributed by atoms with van der Waals surface area (Å²) in [5, 5.41) is 10.4. The Morgan fingerprint density at radius 1 is 0.923 bits per heavy atom. The number of hydrogen-bond acceptors (Lipinski definition) is 1. The Morgan fingerprint density at radius 3 is 1.69 bits per heavy atom. The van der Waals surface area contributed by atoms with Gasteiger partial charge in [-0.15, -0.1) is 0 Å². The van der Waals surface area contributed by atoms with Gasteiger partial charge in [-0.1, -0.05) is 19.8 Å². The maximum absolute atomic E-state index is 10.4. The van der Waals surface area contributed by atoms with Gasteiger partial charge in [-0.25, -0.2) is 0 Å². The molecule has 0 aromatic rings. The minimum atomic E-state index is -0.333. The van der Waals surface area contributed by atoms with Gasteiger partial charge >= 0.3 is 0 Å². The van der Waals surface area contributed by atoms with Crippen LogP contribution in [0.4, 0.5) is 0 Å². The van der Waals surface area contributed by atoms with E-state index < -0.39 is 0 Å². The molecular formula is C12H22O. The summed E-state index contributed by atoms with van der Waals surface area (Å²) in [5.41, 5.74) is -0.333. The Balaban J connectivity index is 1.92. The van der Waals surface area contributed by atoms with Gasteiger partial charge in [0.15, 0.2) is 0 Å². The van der Waals surface area contributed by atoms with E-state index in [-0.39, 0.29) is 5.60 Å². The average molecular weight is 182 g/mol. The maximum atomic E-state index is 10.4. The van der Waals surface area contributed by atoms with Crippen molar-refractivity contribution >= 4 is 0 Å². The van der Waals surface area contributed by atoms with E-state index >= 15 is 0 Å². The van der Waals surface area contributed by atoms with Crippen LogP contribution in [-0.2, 0) is 0 Å². The molecule has 0 spiro atoms. The first kappa shape index (κ1) is 9.51. The van der Waals surface area contributed by atoms with E-state index in [4.69, 9.17) is 0 Å². The molecule has 1 heteroatoms. The highest BCUT2D eigenvalue weighted by Gasteiger charge is 2.45. The lowest BCUT2D eigenvalue weighted by atomic mass is 9.73. The lowest BCUT2D eigenvalue weighted by Crippen LogP contribution is -2.38. The molecule has 2 saturated carbocycles. The Labute approximate surface area is 81.5 Å². The second kappa shape index (κ2) is 3.27. The first-order valence-corrected chi connectivity index (χ1v) is 5.83. The normalized spacial score (nSPS) is 39.9. The molecule has 0 heterocycles. The highest BCUT2D eigenvalue weighted by molar-refractivity contribution is 4.96. The van der Waals surface area contributed by atoms with Crippen molar-refractivity contribution in [3.8, 4) is 0 Å². The molecule has 2 fully saturated rings. The van der Waals surface area contributed by atoms with E-state index in [1.165, 1.54) is 38.5 Å². The molecule has 0 amide bonds. The lowest BCUT2D eigenvalue weighted by molar-refractivity contribution is -0.0401. The average Bonchev–Trinajstić information content (AvgIpc) is 2.87. The maximum Gasteiger partial charge on any atom is 0.0675 e. The Hall–Kier alpha value is -0.0400. The van der Waals surface area contributed by atoms with Crippen molar-refractivity contribution in [2.75, 3.05) is 0 Å². The van der Waals surface area contributed by atoms with E-state index in [9.17, 15) is 5.11 Å². The minimum Gasteiger partial charge on any atom is -0.390 e. The summed E-state index contributed by atoms with van der Waals surface area (Å²) >= 11 is 0. The predicted octanol–water partition coefficient (Wildman–Crippen LogP) is 2.97. The first-order valence-electron chi connectivity index (χ1n) is 5.83. The van der Waals surface area contributed by atoms with Crippen LogP contribution >= 0.6 is 0 Å². The van der Waals surface area contributed by atoms with Crippen molar-refractivity contribution < 1.29 is 5.11 Å². The zero-order valence-corrected chi connectivity index (χ0v) is 8.92. The molecule has 1 unspecified atom stereocenters. The van der Waals surface area contributed by atoms with Crippen molar-refractivity contribution in [1.82, 2.24) is 0 Å². The third-order valence-electron chi connectivity index (χ3n) is 4.25. The predicted molar refractivity (Wildman–Crippen MR) is 54.5 cm³/mol. The lowest BCUT2D eigenvalue weighted by Gasteiger charge is -2.37. The molecule has 1 atom stereocenters. The first-order chi connectivity index (χ1) is 6.10. The zero-order chi connectivity index (χ0) is 9.47.